The summed E-state index contributed by atoms with van der Waals surface area (Å²) in [5.74, 6) is 1.57. The molecule has 2 aliphatic heterocycles. The minimum atomic E-state index is -0.412. The third-order valence-electron chi connectivity index (χ3n) is 7.58. The van der Waals surface area contributed by atoms with Crippen LogP contribution in [0.2, 0.25) is 0 Å². The molecule has 188 valence electrons. The molecule has 2 aromatic rings. The Labute approximate surface area is 208 Å². The topological polar surface area (TPSA) is 65.5 Å². The molecule has 0 bridgehead atoms. The average Bonchev–Trinajstić information content (AvgIpc) is 3.56. The van der Waals surface area contributed by atoms with Gasteiger partial charge in [-0.3, -0.25) is 0 Å². The van der Waals surface area contributed by atoms with Crippen LogP contribution in [-0.4, -0.2) is 79.0 Å². The zero-order valence-corrected chi connectivity index (χ0v) is 20.6. The Morgan fingerprint density at radius 2 is 1.77 bits per heavy atom. The number of urea groups is 1. The molecule has 35 heavy (non-hydrogen) atoms. The van der Waals surface area contributed by atoms with E-state index in [9.17, 15) is 9.90 Å². The van der Waals surface area contributed by atoms with Crippen LogP contribution in [0.25, 0.3) is 0 Å². The number of amides is 2. The molecular formula is C28H37N3O4. The van der Waals surface area contributed by atoms with Crippen molar-refractivity contribution in [3.05, 3.63) is 54.1 Å². The summed E-state index contributed by atoms with van der Waals surface area (Å²) in [5, 5.41) is 9.97. The van der Waals surface area contributed by atoms with E-state index in [2.05, 4.69) is 41.3 Å². The van der Waals surface area contributed by atoms with Crippen molar-refractivity contribution < 1.29 is 19.4 Å². The first-order valence-electron chi connectivity index (χ1n) is 13.0. The number of anilines is 1. The molecule has 2 aromatic carbocycles. The van der Waals surface area contributed by atoms with Gasteiger partial charge < -0.3 is 29.3 Å². The fraction of sp³-hybridized carbons (Fsp3) is 0.536. The zero-order chi connectivity index (χ0) is 24.2. The lowest BCUT2D eigenvalue weighted by atomic mass is 10.0. The molecule has 0 aromatic heterocycles. The van der Waals surface area contributed by atoms with Gasteiger partial charge >= 0.3 is 6.03 Å². The normalized spacial score (nSPS) is 23.1. The van der Waals surface area contributed by atoms with Crippen LogP contribution in [0.3, 0.4) is 0 Å². The monoisotopic (exact) mass is 479 g/mol. The number of piperazine rings is 1. The van der Waals surface area contributed by atoms with Crippen molar-refractivity contribution in [1.29, 1.82) is 0 Å². The smallest absolute Gasteiger partial charge is 0.320 e. The van der Waals surface area contributed by atoms with E-state index in [1.165, 1.54) is 18.4 Å². The maximum atomic E-state index is 13.4. The number of ether oxygens (including phenoxy) is 2. The molecule has 3 fully saturated rings. The predicted octanol–water partition coefficient (Wildman–Crippen LogP) is 3.94. The zero-order valence-electron chi connectivity index (χ0n) is 20.6. The number of methoxy groups -OCH3 is 1. The van der Waals surface area contributed by atoms with E-state index < -0.39 is 6.10 Å². The van der Waals surface area contributed by atoms with Crippen LogP contribution >= 0.6 is 0 Å². The molecule has 3 aliphatic rings. The highest BCUT2D eigenvalue weighted by Gasteiger charge is 2.35. The van der Waals surface area contributed by atoms with Gasteiger partial charge in [-0.05, 0) is 56.2 Å². The van der Waals surface area contributed by atoms with Crippen molar-refractivity contribution >= 4 is 11.7 Å². The molecule has 0 spiro atoms. The second kappa shape index (κ2) is 10.8. The van der Waals surface area contributed by atoms with Crippen LogP contribution in [0.1, 0.15) is 37.7 Å². The molecular weight excluding hydrogens is 442 g/mol. The van der Waals surface area contributed by atoms with E-state index in [-0.39, 0.29) is 18.2 Å². The predicted molar refractivity (Wildman–Crippen MR) is 136 cm³/mol. The molecule has 2 saturated heterocycles. The molecule has 1 saturated carbocycles. The van der Waals surface area contributed by atoms with E-state index in [0.29, 0.717) is 26.1 Å². The maximum Gasteiger partial charge on any atom is 0.320 e. The molecule has 0 radical (unpaired) electrons. The number of likely N-dealkylation sites (tertiary alicyclic amines) is 1. The number of aliphatic hydroxyl groups is 1. The number of aliphatic hydroxyl groups excluding tert-OH is 1. The van der Waals surface area contributed by atoms with Gasteiger partial charge in [-0.15, -0.1) is 0 Å². The van der Waals surface area contributed by atoms with Crippen LogP contribution < -0.4 is 14.4 Å². The van der Waals surface area contributed by atoms with Crippen molar-refractivity contribution in [2.45, 2.75) is 56.8 Å². The van der Waals surface area contributed by atoms with E-state index in [1.807, 2.05) is 17.0 Å². The Balaban J connectivity index is 1.35. The fourth-order valence-electron chi connectivity index (χ4n) is 5.64. The first-order valence-corrected chi connectivity index (χ1v) is 13.0. The standard InChI is InChI=1S/C28H37N3O4/c1-34-26-12-11-22(18-27(26)35-25-9-5-6-10-25)29-15-16-31(28(33)30-14-13-24(32)20-30)23(19-29)17-21-7-3-2-4-8-21/h2-4,7-8,11-12,18,23-25,32H,5-6,9-10,13-17,19-20H2,1H3/t23-,24+/m0/s1. The quantitative estimate of drug-likeness (QED) is 0.680. The average molecular weight is 480 g/mol. The molecule has 2 atom stereocenters. The van der Waals surface area contributed by atoms with E-state index >= 15 is 0 Å². The second-order valence-corrected chi connectivity index (χ2v) is 10.0. The number of β-amino-alcohol motifs (C(OH)–C–C–N with tert-alkyl or cyclic N) is 1. The lowest BCUT2D eigenvalue weighted by molar-refractivity contribution is 0.124. The summed E-state index contributed by atoms with van der Waals surface area (Å²) in [6, 6.07) is 16.6. The largest absolute Gasteiger partial charge is 0.493 e. The summed E-state index contributed by atoms with van der Waals surface area (Å²) in [6.45, 7) is 3.19. The Morgan fingerprint density at radius 3 is 2.49 bits per heavy atom. The van der Waals surface area contributed by atoms with Gasteiger partial charge in [0.25, 0.3) is 0 Å². The van der Waals surface area contributed by atoms with Crippen molar-refractivity contribution in [3.8, 4) is 11.5 Å². The van der Waals surface area contributed by atoms with E-state index in [4.69, 9.17) is 9.47 Å². The van der Waals surface area contributed by atoms with Crippen LogP contribution in [-0.2, 0) is 6.42 Å². The van der Waals surface area contributed by atoms with Gasteiger partial charge in [-0.25, -0.2) is 4.79 Å². The minimum Gasteiger partial charge on any atom is -0.493 e. The first kappa shape index (κ1) is 23.8. The molecule has 1 aliphatic carbocycles. The summed E-state index contributed by atoms with van der Waals surface area (Å²) in [6.07, 6.45) is 5.93. The fourth-order valence-corrected chi connectivity index (χ4v) is 5.64. The van der Waals surface area contributed by atoms with Gasteiger partial charge in [-0.1, -0.05) is 30.3 Å². The summed E-state index contributed by atoms with van der Waals surface area (Å²) in [5.41, 5.74) is 2.32. The van der Waals surface area contributed by atoms with Crippen molar-refractivity contribution in [3.63, 3.8) is 0 Å². The number of hydrogen-bond acceptors (Lipinski definition) is 5. The number of benzene rings is 2. The van der Waals surface area contributed by atoms with Crippen LogP contribution in [0.4, 0.5) is 10.5 Å². The first-order chi connectivity index (χ1) is 17.1. The van der Waals surface area contributed by atoms with Gasteiger partial charge in [0.15, 0.2) is 11.5 Å². The summed E-state index contributed by atoms with van der Waals surface area (Å²) in [7, 11) is 1.69. The van der Waals surface area contributed by atoms with Gasteiger partial charge in [-0.2, -0.15) is 0 Å². The molecule has 2 amide bonds. The Hall–Kier alpha value is -2.93. The molecule has 0 unspecified atom stereocenters. The van der Waals surface area contributed by atoms with Crippen molar-refractivity contribution in [2.75, 3.05) is 44.7 Å². The lowest BCUT2D eigenvalue weighted by Gasteiger charge is -2.44. The highest BCUT2D eigenvalue weighted by molar-refractivity contribution is 5.76. The van der Waals surface area contributed by atoms with Gasteiger partial charge in [0, 0.05) is 44.5 Å². The van der Waals surface area contributed by atoms with Crippen LogP contribution in [0.15, 0.2) is 48.5 Å². The number of carbonyl (C=O) groups excluding carboxylic acids is 1. The van der Waals surface area contributed by atoms with E-state index in [0.717, 1.165) is 49.5 Å². The molecule has 2 heterocycles. The minimum absolute atomic E-state index is 0.0395. The third kappa shape index (κ3) is 5.50. The van der Waals surface area contributed by atoms with Gasteiger partial charge in [0.05, 0.1) is 25.4 Å². The lowest BCUT2D eigenvalue weighted by Crippen LogP contribution is -2.59. The van der Waals surface area contributed by atoms with Crippen molar-refractivity contribution in [1.82, 2.24) is 9.80 Å². The molecule has 7 heteroatoms. The molecule has 1 N–H and O–H groups in total. The third-order valence-corrected chi connectivity index (χ3v) is 7.58. The second-order valence-electron chi connectivity index (χ2n) is 10.0. The van der Waals surface area contributed by atoms with Crippen molar-refractivity contribution in [2.24, 2.45) is 0 Å². The number of nitrogens with zero attached hydrogens (tertiary/aromatic N) is 3. The Morgan fingerprint density at radius 1 is 0.971 bits per heavy atom. The SMILES string of the molecule is COc1ccc(N2CCN(C(=O)N3CC[C@@H](O)C3)[C@@H](Cc3ccccc3)C2)cc1OC1CCCC1. The van der Waals surface area contributed by atoms with Gasteiger partial charge in [0.1, 0.15) is 0 Å². The van der Waals surface area contributed by atoms with Crippen LogP contribution in [0.5, 0.6) is 11.5 Å². The Kier molecular flexibility index (Phi) is 7.32. The number of rotatable bonds is 6. The number of hydrogen-bond donors (Lipinski definition) is 1. The maximum absolute atomic E-state index is 13.4. The number of carbonyl (C=O) groups is 1. The molecule has 5 rings (SSSR count). The summed E-state index contributed by atoms with van der Waals surface area (Å²) in [4.78, 5) is 19.6. The highest BCUT2D eigenvalue weighted by atomic mass is 16.5. The Bertz CT molecular complexity index is 995. The van der Waals surface area contributed by atoms with Crippen LogP contribution in [0, 0.1) is 0 Å². The highest BCUT2D eigenvalue weighted by Crippen LogP contribution is 2.36. The van der Waals surface area contributed by atoms with Gasteiger partial charge in [0.2, 0.25) is 0 Å². The summed E-state index contributed by atoms with van der Waals surface area (Å²) >= 11 is 0. The van der Waals surface area contributed by atoms with E-state index in [1.54, 1.807) is 12.0 Å². The summed E-state index contributed by atoms with van der Waals surface area (Å²) < 4.78 is 11.9. The molecule has 7 nitrogen and oxygen atoms in total.